The lowest BCUT2D eigenvalue weighted by Gasteiger charge is -2.16. The molecule has 0 bridgehead atoms. The number of aryl methyl sites for hydroxylation is 1. The Morgan fingerprint density at radius 2 is 1.40 bits per heavy atom. The van der Waals surface area contributed by atoms with Crippen LogP contribution in [0.25, 0.3) is 11.1 Å². The first-order valence-electron chi connectivity index (χ1n) is 8.07. The van der Waals surface area contributed by atoms with E-state index in [-0.39, 0.29) is 5.78 Å². The van der Waals surface area contributed by atoms with E-state index in [9.17, 15) is 4.79 Å². The Morgan fingerprint density at radius 3 is 1.96 bits per heavy atom. The molecule has 0 unspecified atom stereocenters. The standard InChI is InChI=1S/C22H20O3/c1-15-8-7-11-17(12-15)21-19(24-2)13-18(14-20(21)25-3)22(23)16-9-5-4-6-10-16/h4-14H,1-3H3. The van der Waals surface area contributed by atoms with Gasteiger partial charge in [0.25, 0.3) is 0 Å². The van der Waals surface area contributed by atoms with E-state index in [1.54, 1.807) is 38.5 Å². The highest BCUT2D eigenvalue weighted by atomic mass is 16.5. The molecular formula is C22H20O3. The van der Waals surface area contributed by atoms with Crippen LogP contribution < -0.4 is 9.47 Å². The quantitative estimate of drug-likeness (QED) is 0.623. The average Bonchev–Trinajstić information content (AvgIpc) is 2.66. The number of ketones is 1. The average molecular weight is 332 g/mol. The molecule has 0 atom stereocenters. The summed E-state index contributed by atoms with van der Waals surface area (Å²) < 4.78 is 11.2. The Labute approximate surface area is 147 Å². The zero-order chi connectivity index (χ0) is 17.8. The van der Waals surface area contributed by atoms with Gasteiger partial charge in [-0.25, -0.2) is 0 Å². The van der Waals surface area contributed by atoms with Crippen LogP contribution in [0.15, 0.2) is 66.7 Å². The molecule has 126 valence electrons. The van der Waals surface area contributed by atoms with E-state index in [0.29, 0.717) is 22.6 Å². The van der Waals surface area contributed by atoms with Crippen molar-refractivity contribution in [3.05, 3.63) is 83.4 Å². The van der Waals surface area contributed by atoms with Crippen LogP contribution in [-0.2, 0) is 0 Å². The summed E-state index contributed by atoms with van der Waals surface area (Å²) >= 11 is 0. The first-order valence-corrected chi connectivity index (χ1v) is 8.07. The maximum Gasteiger partial charge on any atom is 0.193 e. The summed E-state index contributed by atoms with van der Waals surface area (Å²) in [5.41, 5.74) is 4.16. The molecule has 0 aliphatic rings. The maximum atomic E-state index is 12.8. The van der Waals surface area contributed by atoms with Crippen LogP contribution >= 0.6 is 0 Å². The molecule has 3 aromatic carbocycles. The van der Waals surface area contributed by atoms with Crippen LogP contribution in [-0.4, -0.2) is 20.0 Å². The number of hydrogen-bond donors (Lipinski definition) is 0. The third-order valence-corrected chi connectivity index (χ3v) is 4.11. The van der Waals surface area contributed by atoms with Crippen molar-refractivity contribution in [1.82, 2.24) is 0 Å². The van der Waals surface area contributed by atoms with E-state index in [1.807, 2.05) is 43.3 Å². The van der Waals surface area contributed by atoms with Crippen molar-refractivity contribution in [3.8, 4) is 22.6 Å². The van der Waals surface area contributed by atoms with Gasteiger partial charge in [-0.15, -0.1) is 0 Å². The number of ether oxygens (including phenoxy) is 2. The Balaban J connectivity index is 2.15. The monoisotopic (exact) mass is 332 g/mol. The maximum absolute atomic E-state index is 12.8. The predicted octanol–water partition coefficient (Wildman–Crippen LogP) is 4.91. The first kappa shape index (κ1) is 16.8. The van der Waals surface area contributed by atoms with Crippen LogP contribution in [0.3, 0.4) is 0 Å². The van der Waals surface area contributed by atoms with E-state index in [0.717, 1.165) is 16.7 Å². The first-order chi connectivity index (χ1) is 12.1. The molecule has 0 saturated carbocycles. The highest BCUT2D eigenvalue weighted by Crippen LogP contribution is 2.40. The molecule has 0 aliphatic heterocycles. The van der Waals surface area contributed by atoms with E-state index in [1.165, 1.54) is 0 Å². The smallest absolute Gasteiger partial charge is 0.193 e. The number of methoxy groups -OCH3 is 2. The van der Waals surface area contributed by atoms with Crippen molar-refractivity contribution in [2.24, 2.45) is 0 Å². The zero-order valence-corrected chi connectivity index (χ0v) is 14.6. The lowest BCUT2D eigenvalue weighted by molar-refractivity contribution is 0.103. The lowest BCUT2D eigenvalue weighted by atomic mass is 9.96. The molecule has 0 aliphatic carbocycles. The molecule has 0 N–H and O–H groups in total. The Hall–Kier alpha value is -3.07. The molecule has 3 nitrogen and oxygen atoms in total. The molecule has 25 heavy (non-hydrogen) atoms. The van der Waals surface area contributed by atoms with Gasteiger partial charge in [0.2, 0.25) is 0 Å². The van der Waals surface area contributed by atoms with Crippen molar-refractivity contribution in [2.45, 2.75) is 6.92 Å². The van der Waals surface area contributed by atoms with Gasteiger partial charge in [-0.05, 0) is 24.6 Å². The van der Waals surface area contributed by atoms with E-state index in [4.69, 9.17) is 9.47 Å². The second-order valence-electron chi connectivity index (χ2n) is 5.82. The van der Waals surface area contributed by atoms with Crippen LogP contribution in [0, 0.1) is 6.92 Å². The number of carbonyl (C=O) groups is 1. The topological polar surface area (TPSA) is 35.5 Å². The van der Waals surface area contributed by atoms with Gasteiger partial charge in [0.05, 0.1) is 19.8 Å². The van der Waals surface area contributed by atoms with Gasteiger partial charge < -0.3 is 9.47 Å². The third-order valence-electron chi connectivity index (χ3n) is 4.11. The van der Waals surface area contributed by atoms with Crippen molar-refractivity contribution in [1.29, 1.82) is 0 Å². The summed E-state index contributed by atoms with van der Waals surface area (Å²) in [4.78, 5) is 12.8. The molecule has 3 rings (SSSR count). The van der Waals surface area contributed by atoms with Crippen LogP contribution in [0.2, 0.25) is 0 Å². The highest BCUT2D eigenvalue weighted by Gasteiger charge is 2.18. The predicted molar refractivity (Wildman–Crippen MR) is 99.6 cm³/mol. The molecule has 0 spiro atoms. The fourth-order valence-electron chi connectivity index (χ4n) is 2.88. The minimum atomic E-state index is -0.0620. The van der Waals surface area contributed by atoms with E-state index in [2.05, 4.69) is 6.07 Å². The molecule has 0 saturated heterocycles. The Kier molecular flexibility index (Phi) is 4.85. The van der Waals surface area contributed by atoms with Crippen LogP contribution in [0.4, 0.5) is 0 Å². The summed E-state index contributed by atoms with van der Waals surface area (Å²) in [6.07, 6.45) is 0. The molecule has 0 aromatic heterocycles. The van der Waals surface area contributed by atoms with E-state index >= 15 is 0 Å². The molecule has 0 radical (unpaired) electrons. The fourth-order valence-corrected chi connectivity index (χ4v) is 2.88. The molecule has 3 aromatic rings. The van der Waals surface area contributed by atoms with Crippen LogP contribution in [0.1, 0.15) is 21.5 Å². The summed E-state index contributed by atoms with van der Waals surface area (Å²) in [6, 6.07) is 20.8. The fraction of sp³-hybridized carbons (Fsp3) is 0.136. The Bertz CT molecular complexity index is 873. The zero-order valence-electron chi connectivity index (χ0n) is 14.6. The third kappa shape index (κ3) is 3.41. The second-order valence-corrected chi connectivity index (χ2v) is 5.82. The van der Waals surface area contributed by atoms with Gasteiger partial charge in [-0.2, -0.15) is 0 Å². The van der Waals surface area contributed by atoms with Crippen molar-refractivity contribution < 1.29 is 14.3 Å². The summed E-state index contributed by atoms with van der Waals surface area (Å²) in [7, 11) is 3.20. The van der Waals surface area contributed by atoms with Crippen molar-refractivity contribution >= 4 is 5.78 Å². The summed E-state index contributed by atoms with van der Waals surface area (Å²) in [6.45, 7) is 2.04. The van der Waals surface area contributed by atoms with Crippen molar-refractivity contribution in [2.75, 3.05) is 14.2 Å². The largest absolute Gasteiger partial charge is 0.496 e. The Morgan fingerprint density at radius 1 is 0.760 bits per heavy atom. The van der Waals surface area contributed by atoms with Crippen molar-refractivity contribution in [3.63, 3.8) is 0 Å². The molecule has 0 fully saturated rings. The van der Waals surface area contributed by atoms with E-state index < -0.39 is 0 Å². The van der Waals surface area contributed by atoms with Crippen LogP contribution in [0.5, 0.6) is 11.5 Å². The number of rotatable bonds is 5. The second kappa shape index (κ2) is 7.22. The molecular weight excluding hydrogens is 312 g/mol. The van der Waals surface area contributed by atoms with Gasteiger partial charge in [0, 0.05) is 11.1 Å². The lowest BCUT2D eigenvalue weighted by Crippen LogP contribution is -2.03. The van der Waals surface area contributed by atoms with Gasteiger partial charge in [-0.3, -0.25) is 4.79 Å². The number of benzene rings is 3. The summed E-state index contributed by atoms with van der Waals surface area (Å²) in [5.74, 6) is 1.17. The highest BCUT2D eigenvalue weighted by molar-refractivity contribution is 6.10. The normalized spacial score (nSPS) is 10.4. The minimum absolute atomic E-state index is 0.0620. The van der Waals surface area contributed by atoms with Gasteiger partial charge in [0.1, 0.15) is 11.5 Å². The van der Waals surface area contributed by atoms with Gasteiger partial charge >= 0.3 is 0 Å². The molecule has 0 amide bonds. The summed E-state index contributed by atoms with van der Waals surface area (Å²) in [5, 5.41) is 0. The van der Waals surface area contributed by atoms with Gasteiger partial charge in [-0.1, -0.05) is 60.2 Å². The SMILES string of the molecule is COc1cc(C(=O)c2ccccc2)cc(OC)c1-c1cccc(C)c1. The minimum Gasteiger partial charge on any atom is -0.496 e. The molecule has 0 heterocycles. The van der Waals surface area contributed by atoms with Gasteiger partial charge in [0.15, 0.2) is 5.78 Å². The number of hydrogen-bond acceptors (Lipinski definition) is 3. The number of carbonyl (C=O) groups excluding carboxylic acids is 1. The molecule has 3 heteroatoms.